The molecule has 5 heteroatoms. The molecule has 0 aliphatic carbocycles. The summed E-state index contributed by atoms with van der Waals surface area (Å²) >= 11 is 6.24. The van der Waals surface area contributed by atoms with Crippen molar-refractivity contribution in [3.63, 3.8) is 0 Å². The Morgan fingerprint density at radius 2 is 1.75 bits per heavy atom. The van der Waals surface area contributed by atoms with Gasteiger partial charge < -0.3 is 4.74 Å². The summed E-state index contributed by atoms with van der Waals surface area (Å²) in [5.41, 5.74) is 2.27. The minimum absolute atomic E-state index is 0.845. The fourth-order valence-corrected chi connectivity index (χ4v) is 2.91. The van der Waals surface area contributed by atoms with Crippen LogP contribution in [0.3, 0.4) is 0 Å². The van der Waals surface area contributed by atoms with Gasteiger partial charge in [-0.25, -0.2) is 0 Å². The van der Waals surface area contributed by atoms with E-state index in [4.69, 9.17) is 16.3 Å². The first-order valence-corrected chi connectivity index (χ1v) is 8.51. The van der Waals surface area contributed by atoms with Gasteiger partial charge in [-0.1, -0.05) is 29.8 Å². The molecular formula is C19H22ClN3O. The third-order valence-electron chi connectivity index (χ3n) is 4.19. The van der Waals surface area contributed by atoms with E-state index in [2.05, 4.69) is 21.1 Å². The number of ether oxygens (including phenoxy) is 1. The van der Waals surface area contributed by atoms with Gasteiger partial charge in [-0.15, -0.1) is 0 Å². The van der Waals surface area contributed by atoms with E-state index < -0.39 is 0 Å². The SMILES string of the molecule is COc1ccc(/C=N\N2CCN(Cc3ccccc3Cl)CC2)cc1. The molecule has 0 atom stereocenters. The zero-order valence-corrected chi connectivity index (χ0v) is 14.6. The third-order valence-corrected chi connectivity index (χ3v) is 4.56. The van der Waals surface area contributed by atoms with E-state index >= 15 is 0 Å². The molecular weight excluding hydrogens is 322 g/mol. The quantitative estimate of drug-likeness (QED) is 0.778. The number of nitrogens with zero attached hydrogens (tertiary/aromatic N) is 3. The lowest BCUT2D eigenvalue weighted by Crippen LogP contribution is -2.43. The van der Waals surface area contributed by atoms with Crippen molar-refractivity contribution < 1.29 is 4.74 Å². The number of hydrogen-bond acceptors (Lipinski definition) is 4. The van der Waals surface area contributed by atoms with Crippen LogP contribution >= 0.6 is 11.6 Å². The van der Waals surface area contributed by atoms with Crippen LogP contribution in [0.2, 0.25) is 5.02 Å². The first kappa shape index (κ1) is 16.8. The fraction of sp³-hybridized carbons (Fsp3) is 0.316. The topological polar surface area (TPSA) is 28.1 Å². The first-order chi connectivity index (χ1) is 11.7. The molecule has 0 unspecified atom stereocenters. The average molecular weight is 344 g/mol. The normalized spacial score (nSPS) is 15.8. The predicted octanol–water partition coefficient (Wildman–Crippen LogP) is 3.50. The zero-order valence-electron chi connectivity index (χ0n) is 13.9. The molecule has 0 saturated carbocycles. The van der Waals surface area contributed by atoms with Crippen LogP contribution in [0.5, 0.6) is 5.75 Å². The van der Waals surface area contributed by atoms with Crippen molar-refractivity contribution >= 4 is 17.8 Å². The summed E-state index contributed by atoms with van der Waals surface area (Å²) in [5.74, 6) is 0.861. The molecule has 0 spiro atoms. The molecule has 1 saturated heterocycles. The maximum absolute atomic E-state index is 6.24. The molecule has 0 radical (unpaired) electrons. The number of benzene rings is 2. The van der Waals surface area contributed by atoms with E-state index in [-0.39, 0.29) is 0 Å². The van der Waals surface area contributed by atoms with Crippen LogP contribution in [-0.2, 0) is 6.54 Å². The number of rotatable bonds is 5. The van der Waals surface area contributed by atoms with E-state index in [1.165, 1.54) is 5.56 Å². The number of piperazine rings is 1. The van der Waals surface area contributed by atoms with Crippen molar-refractivity contribution in [2.24, 2.45) is 5.10 Å². The smallest absolute Gasteiger partial charge is 0.118 e. The number of halogens is 1. The summed E-state index contributed by atoms with van der Waals surface area (Å²) in [6, 6.07) is 16.0. The summed E-state index contributed by atoms with van der Waals surface area (Å²) < 4.78 is 5.16. The van der Waals surface area contributed by atoms with Gasteiger partial charge in [0.15, 0.2) is 0 Å². The second-order valence-electron chi connectivity index (χ2n) is 5.84. The van der Waals surface area contributed by atoms with Crippen molar-refractivity contribution in [1.82, 2.24) is 9.91 Å². The summed E-state index contributed by atoms with van der Waals surface area (Å²) in [7, 11) is 1.67. The lowest BCUT2D eigenvalue weighted by Gasteiger charge is -2.33. The molecule has 0 amide bonds. The van der Waals surface area contributed by atoms with Crippen molar-refractivity contribution in [2.45, 2.75) is 6.54 Å². The summed E-state index contributed by atoms with van der Waals surface area (Å²) in [6.45, 7) is 4.74. The highest BCUT2D eigenvalue weighted by molar-refractivity contribution is 6.31. The summed E-state index contributed by atoms with van der Waals surface area (Å²) in [6.07, 6.45) is 1.91. The van der Waals surface area contributed by atoms with Crippen LogP contribution < -0.4 is 4.74 Å². The average Bonchev–Trinajstić information content (AvgIpc) is 2.63. The van der Waals surface area contributed by atoms with E-state index in [0.717, 1.165) is 49.1 Å². The highest BCUT2D eigenvalue weighted by Crippen LogP contribution is 2.18. The molecule has 126 valence electrons. The molecule has 2 aromatic rings. The molecule has 0 N–H and O–H groups in total. The molecule has 3 rings (SSSR count). The fourth-order valence-electron chi connectivity index (χ4n) is 2.72. The Kier molecular flexibility index (Phi) is 5.72. The van der Waals surface area contributed by atoms with Crippen LogP contribution in [0, 0.1) is 0 Å². The van der Waals surface area contributed by atoms with Gasteiger partial charge in [-0.05, 0) is 41.5 Å². The van der Waals surface area contributed by atoms with Crippen LogP contribution in [0.25, 0.3) is 0 Å². The van der Waals surface area contributed by atoms with Gasteiger partial charge >= 0.3 is 0 Å². The molecule has 24 heavy (non-hydrogen) atoms. The van der Waals surface area contributed by atoms with Gasteiger partial charge in [0, 0.05) is 37.7 Å². The van der Waals surface area contributed by atoms with Crippen molar-refractivity contribution in [3.05, 3.63) is 64.7 Å². The lowest BCUT2D eigenvalue weighted by atomic mass is 10.2. The summed E-state index contributed by atoms with van der Waals surface area (Å²) in [5, 5.41) is 7.55. The standard InChI is InChI=1S/C19H22ClN3O/c1-24-18-8-6-16(7-9-18)14-21-23-12-10-22(11-13-23)15-17-4-2-3-5-19(17)20/h2-9,14H,10-13,15H2,1H3/b21-14-. The summed E-state index contributed by atoms with van der Waals surface area (Å²) in [4.78, 5) is 2.42. The molecule has 2 aromatic carbocycles. The highest BCUT2D eigenvalue weighted by atomic mass is 35.5. The van der Waals surface area contributed by atoms with Crippen LogP contribution in [-0.4, -0.2) is 49.4 Å². The molecule has 0 aromatic heterocycles. The monoisotopic (exact) mass is 343 g/mol. The van der Waals surface area contributed by atoms with Gasteiger partial charge in [0.25, 0.3) is 0 Å². The minimum Gasteiger partial charge on any atom is -0.497 e. The molecule has 1 aliphatic heterocycles. The Balaban J connectivity index is 1.49. The third kappa shape index (κ3) is 4.49. The Morgan fingerprint density at radius 3 is 2.42 bits per heavy atom. The van der Waals surface area contributed by atoms with Crippen LogP contribution in [0.1, 0.15) is 11.1 Å². The molecule has 1 heterocycles. The maximum Gasteiger partial charge on any atom is 0.118 e. The lowest BCUT2D eigenvalue weighted by molar-refractivity contribution is 0.131. The van der Waals surface area contributed by atoms with Gasteiger partial charge in [-0.2, -0.15) is 5.10 Å². The van der Waals surface area contributed by atoms with Crippen molar-refractivity contribution in [1.29, 1.82) is 0 Å². The number of hydrogen-bond donors (Lipinski definition) is 0. The second-order valence-corrected chi connectivity index (χ2v) is 6.25. The Labute approximate surface area is 148 Å². The van der Waals surface area contributed by atoms with Gasteiger partial charge in [-0.3, -0.25) is 9.91 Å². The van der Waals surface area contributed by atoms with Gasteiger partial charge in [0.1, 0.15) is 5.75 Å². The van der Waals surface area contributed by atoms with Crippen molar-refractivity contribution in [3.8, 4) is 5.75 Å². The molecule has 0 bridgehead atoms. The second kappa shape index (κ2) is 8.18. The largest absolute Gasteiger partial charge is 0.497 e. The molecule has 1 fully saturated rings. The van der Waals surface area contributed by atoms with E-state index in [1.54, 1.807) is 7.11 Å². The Morgan fingerprint density at radius 1 is 1.04 bits per heavy atom. The zero-order chi connectivity index (χ0) is 16.8. The van der Waals surface area contributed by atoms with Gasteiger partial charge in [0.2, 0.25) is 0 Å². The maximum atomic E-state index is 6.24. The predicted molar refractivity (Wildman–Crippen MR) is 98.9 cm³/mol. The molecule has 1 aliphatic rings. The van der Waals surface area contributed by atoms with Crippen LogP contribution in [0.4, 0.5) is 0 Å². The number of methoxy groups -OCH3 is 1. The van der Waals surface area contributed by atoms with E-state index in [1.807, 2.05) is 48.7 Å². The first-order valence-electron chi connectivity index (χ1n) is 8.13. The van der Waals surface area contributed by atoms with E-state index in [9.17, 15) is 0 Å². The Bertz CT molecular complexity index is 679. The number of hydrazone groups is 1. The minimum atomic E-state index is 0.845. The van der Waals surface area contributed by atoms with Crippen molar-refractivity contribution in [2.75, 3.05) is 33.3 Å². The molecule has 4 nitrogen and oxygen atoms in total. The van der Waals surface area contributed by atoms with Gasteiger partial charge in [0.05, 0.1) is 13.3 Å². The van der Waals surface area contributed by atoms with E-state index in [0.29, 0.717) is 0 Å². The van der Waals surface area contributed by atoms with Crippen LogP contribution in [0.15, 0.2) is 53.6 Å². The Hall–Kier alpha value is -2.04. The highest BCUT2D eigenvalue weighted by Gasteiger charge is 2.16.